The zero-order chi connectivity index (χ0) is 56.0. The number of hydrogen-bond acceptors (Lipinski definition) is 9. The summed E-state index contributed by atoms with van der Waals surface area (Å²) in [6.07, 6.45) is 18.6. The molecule has 84 heavy (non-hydrogen) atoms. The van der Waals surface area contributed by atoms with E-state index < -0.39 is 0 Å². The third-order valence-corrected chi connectivity index (χ3v) is 21.3. The number of esters is 3. The van der Waals surface area contributed by atoms with E-state index in [9.17, 15) is 14.4 Å². The largest absolute Gasteiger partial charge is 0.457 e. The van der Waals surface area contributed by atoms with Gasteiger partial charge in [0.05, 0.1) is 16.7 Å². The van der Waals surface area contributed by atoms with Gasteiger partial charge in [-0.3, -0.25) is 0 Å². The molecule has 7 aromatic rings. The molecule has 9 nitrogen and oxygen atoms in total. The van der Waals surface area contributed by atoms with Crippen LogP contribution in [0.4, 0.5) is 17.1 Å². The van der Waals surface area contributed by atoms with Gasteiger partial charge < -0.3 is 28.9 Å². The second-order valence-electron chi connectivity index (χ2n) is 25.8. The fraction of sp³-hybridized carbons (Fsp3) is 0.320. The molecule has 16 rings (SSSR count). The number of hydrogen-bond donors (Lipinski definition) is 0. The van der Waals surface area contributed by atoms with Crippen LogP contribution in [0.15, 0.2) is 200 Å². The van der Waals surface area contributed by atoms with Crippen molar-refractivity contribution in [3.8, 4) is 33.4 Å². The molecule has 3 heterocycles. The Balaban J connectivity index is 0.582. The van der Waals surface area contributed by atoms with Gasteiger partial charge in [-0.15, -0.1) is 0 Å². The van der Waals surface area contributed by atoms with Crippen LogP contribution in [-0.4, -0.2) is 57.2 Å². The topological polar surface area (TPSA) is 88.6 Å². The summed E-state index contributed by atoms with van der Waals surface area (Å²) in [6.45, 7) is 7.03. The van der Waals surface area contributed by atoms with Crippen LogP contribution in [0.5, 0.6) is 0 Å². The number of ether oxygens (including phenoxy) is 3. The average molecular weight is 1110 g/mol. The molecule has 3 saturated carbocycles. The molecular weight excluding hydrogens is 1040 g/mol. The van der Waals surface area contributed by atoms with E-state index in [2.05, 4.69) is 142 Å². The van der Waals surface area contributed by atoms with Crippen molar-refractivity contribution in [2.45, 2.75) is 39.1 Å². The minimum Gasteiger partial charge on any atom is -0.457 e. The van der Waals surface area contributed by atoms with Gasteiger partial charge in [-0.25, -0.2) is 14.4 Å². The highest BCUT2D eigenvalue weighted by molar-refractivity contribution is 5.91. The quantitative estimate of drug-likeness (QED) is 0.0566. The highest BCUT2D eigenvalue weighted by atomic mass is 16.5. The van der Waals surface area contributed by atoms with Gasteiger partial charge in [-0.2, -0.15) is 0 Å². The smallest absolute Gasteiger partial charge is 0.338 e. The second-order valence-corrected chi connectivity index (χ2v) is 25.8. The molecule has 3 aliphatic heterocycles. The molecule has 12 unspecified atom stereocenters. The Labute approximate surface area is 492 Å². The Morgan fingerprint density at radius 2 is 0.524 bits per heavy atom. The Morgan fingerprint density at radius 3 is 0.750 bits per heavy atom. The minimum absolute atomic E-state index is 0.163. The average Bonchev–Trinajstić information content (AvgIpc) is 2.46. The standard InChI is InChI=1S/C75H69N3O6/c79-73(52-19-25-64(26-20-52)76-37-67-55-13-14-56(31-55)68(67)38-76)82-43-46-1-7-49(8-2-46)61-34-62(50-9-3-47(4-10-50)44-83-74(80)53-21-27-65(28-22-53)77-39-69-57-15-16-58(32-57)70(69)40-77)36-63(35-61)51-11-5-48(6-12-51)45-84-75(81)54-23-29-66(30-24-54)78-41-71-59-17-18-60(33-59)72(71)42-78/h1-30,34-36,55-60,67-72H,31-33,37-45H2. The number of anilines is 3. The molecule has 7 aromatic carbocycles. The normalized spacial score (nSPS) is 27.6. The van der Waals surface area contributed by atoms with E-state index in [1.165, 1.54) is 36.3 Å². The maximum absolute atomic E-state index is 13.3. The van der Waals surface area contributed by atoms with Crippen molar-refractivity contribution in [3.63, 3.8) is 0 Å². The maximum Gasteiger partial charge on any atom is 0.338 e. The zero-order valence-corrected chi connectivity index (χ0v) is 47.3. The zero-order valence-electron chi connectivity index (χ0n) is 47.3. The first-order valence-electron chi connectivity index (χ1n) is 30.8. The number of allylic oxidation sites excluding steroid dienone is 6. The van der Waals surface area contributed by atoms with Crippen molar-refractivity contribution in [2.75, 3.05) is 54.0 Å². The summed E-state index contributed by atoms with van der Waals surface area (Å²) in [7, 11) is 0. The molecule has 0 N–H and O–H groups in total. The summed E-state index contributed by atoms with van der Waals surface area (Å²) in [5, 5.41) is 0. The predicted octanol–water partition coefficient (Wildman–Crippen LogP) is 14.5. The molecule has 3 saturated heterocycles. The number of fused-ring (bicyclic) bond motifs is 15. The van der Waals surface area contributed by atoms with Gasteiger partial charge >= 0.3 is 17.9 Å². The monoisotopic (exact) mass is 1110 g/mol. The lowest BCUT2D eigenvalue weighted by atomic mass is 9.86. The van der Waals surface area contributed by atoms with E-state index in [0.717, 1.165) is 160 Å². The summed E-state index contributed by atoms with van der Waals surface area (Å²) in [6, 6.07) is 55.0. The van der Waals surface area contributed by atoms with Gasteiger partial charge in [0.15, 0.2) is 0 Å². The van der Waals surface area contributed by atoms with Gasteiger partial charge in [-0.05, 0) is 231 Å². The molecule has 0 radical (unpaired) electrons. The number of benzene rings is 7. The fourth-order valence-corrected chi connectivity index (χ4v) is 16.7. The molecule has 6 aliphatic carbocycles. The fourth-order valence-electron chi connectivity index (χ4n) is 16.7. The first-order valence-corrected chi connectivity index (χ1v) is 30.8. The van der Waals surface area contributed by atoms with E-state index in [1.807, 2.05) is 72.8 Å². The van der Waals surface area contributed by atoms with Crippen LogP contribution in [-0.2, 0) is 34.0 Å². The Hall–Kier alpha value is -8.43. The molecule has 9 heteroatoms. The summed E-state index contributed by atoms with van der Waals surface area (Å²) < 4.78 is 17.6. The Kier molecular flexibility index (Phi) is 12.8. The second kappa shape index (κ2) is 21.0. The van der Waals surface area contributed by atoms with E-state index in [1.54, 1.807) is 0 Å². The van der Waals surface area contributed by atoms with Crippen LogP contribution < -0.4 is 14.7 Å². The van der Waals surface area contributed by atoms with Gasteiger partial charge in [-0.1, -0.05) is 109 Å². The predicted molar refractivity (Wildman–Crippen MR) is 329 cm³/mol. The molecule has 0 amide bonds. The molecule has 0 spiro atoms. The summed E-state index contributed by atoms with van der Waals surface area (Å²) >= 11 is 0. The van der Waals surface area contributed by atoms with Crippen LogP contribution in [0.25, 0.3) is 33.4 Å². The van der Waals surface area contributed by atoms with Crippen LogP contribution in [0, 0.1) is 71.0 Å². The molecule has 6 bridgehead atoms. The van der Waals surface area contributed by atoms with E-state index in [4.69, 9.17) is 14.2 Å². The minimum atomic E-state index is -0.334. The van der Waals surface area contributed by atoms with Crippen molar-refractivity contribution >= 4 is 35.0 Å². The van der Waals surface area contributed by atoms with Crippen LogP contribution in [0.2, 0.25) is 0 Å². The van der Waals surface area contributed by atoms with Crippen molar-refractivity contribution < 1.29 is 28.6 Å². The molecular formula is C75H69N3O6. The lowest BCUT2D eigenvalue weighted by molar-refractivity contribution is 0.0464. The van der Waals surface area contributed by atoms with Crippen LogP contribution >= 0.6 is 0 Å². The summed E-state index contributed by atoms with van der Waals surface area (Å²) in [5.41, 5.74) is 14.0. The van der Waals surface area contributed by atoms with E-state index >= 15 is 0 Å². The summed E-state index contributed by atoms with van der Waals surface area (Å²) in [4.78, 5) is 47.4. The van der Waals surface area contributed by atoms with Gasteiger partial charge in [0.1, 0.15) is 19.8 Å². The van der Waals surface area contributed by atoms with Crippen molar-refractivity contribution in [1.82, 2.24) is 0 Å². The van der Waals surface area contributed by atoms with Crippen LogP contribution in [0.3, 0.4) is 0 Å². The van der Waals surface area contributed by atoms with Gasteiger partial charge in [0.25, 0.3) is 0 Å². The third kappa shape index (κ3) is 9.54. The SMILES string of the molecule is O=C(OCc1ccc(-c2cc(-c3ccc(COC(=O)c4ccc(N5CC6C7C=CC(C7)C6C5)cc4)cc3)cc(-c3ccc(COC(=O)c4ccc(N5CC6C7C=CC(C7)C6C5)cc4)cc3)c2)cc1)c1ccc(N2CC3C4C=CC(C4)C3C2)cc1. The summed E-state index contributed by atoms with van der Waals surface area (Å²) in [5.74, 6) is 7.88. The highest BCUT2D eigenvalue weighted by Crippen LogP contribution is 2.54. The van der Waals surface area contributed by atoms with Crippen molar-refractivity contribution in [3.05, 3.63) is 234 Å². The highest BCUT2D eigenvalue weighted by Gasteiger charge is 2.51. The number of carbonyl (C=O) groups is 3. The molecule has 0 aromatic heterocycles. The van der Waals surface area contributed by atoms with Crippen LogP contribution in [0.1, 0.15) is 67.0 Å². The number of nitrogens with zero attached hydrogens (tertiary/aromatic N) is 3. The van der Waals surface area contributed by atoms with Crippen molar-refractivity contribution in [2.24, 2.45) is 71.0 Å². The third-order valence-electron chi connectivity index (χ3n) is 21.3. The number of carbonyl (C=O) groups excluding carboxylic acids is 3. The first kappa shape index (κ1) is 51.2. The van der Waals surface area contributed by atoms with E-state index in [0.29, 0.717) is 16.7 Å². The first-order chi connectivity index (χ1) is 41.2. The lowest BCUT2D eigenvalue weighted by Crippen LogP contribution is -2.22. The van der Waals surface area contributed by atoms with E-state index in [-0.39, 0.29) is 37.7 Å². The Morgan fingerprint density at radius 1 is 0.298 bits per heavy atom. The molecule has 420 valence electrons. The lowest BCUT2D eigenvalue weighted by Gasteiger charge is -2.21. The molecule has 9 aliphatic rings. The molecule has 6 fully saturated rings. The maximum atomic E-state index is 13.3. The van der Waals surface area contributed by atoms with Gasteiger partial charge in [0, 0.05) is 56.3 Å². The molecule has 12 atom stereocenters. The number of rotatable bonds is 15. The van der Waals surface area contributed by atoms with Gasteiger partial charge in [0.2, 0.25) is 0 Å². The Bertz CT molecular complexity index is 3290. The van der Waals surface area contributed by atoms with Crippen molar-refractivity contribution in [1.29, 1.82) is 0 Å².